The smallest absolute Gasteiger partial charge is 0.0575 e. The van der Waals surface area contributed by atoms with E-state index in [-0.39, 0.29) is 0 Å². The summed E-state index contributed by atoms with van der Waals surface area (Å²) in [6, 6.07) is 4.22. The number of nitrogens with zero attached hydrogens (tertiary/aromatic N) is 2. The van der Waals surface area contributed by atoms with Gasteiger partial charge in [-0.25, -0.2) is 0 Å². The van der Waals surface area contributed by atoms with Gasteiger partial charge in [-0.2, -0.15) is 0 Å². The highest BCUT2D eigenvalue weighted by Crippen LogP contribution is 2.09. The van der Waals surface area contributed by atoms with Crippen molar-refractivity contribution >= 4 is 0 Å². The molecule has 2 nitrogen and oxygen atoms in total. The van der Waals surface area contributed by atoms with Crippen molar-refractivity contribution in [3.8, 4) is 0 Å². The fourth-order valence-corrected chi connectivity index (χ4v) is 1.48. The summed E-state index contributed by atoms with van der Waals surface area (Å²) in [5, 5.41) is 0. The van der Waals surface area contributed by atoms with Crippen molar-refractivity contribution in [1.29, 1.82) is 0 Å². The average molecular weight is 192 g/mol. The lowest BCUT2D eigenvalue weighted by atomic mass is 10.1. The van der Waals surface area contributed by atoms with Crippen LogP contribution in [0.4, 0.5) is 0 Å². The van der Waals surface area contributed by atoms with Gasteiger partial charge in [0.25, 0.3) is 0 Å². The van der Waals surface area contributed by atoms with E-state index in [0.29, 0.717) is 0 Å². The molecule has 1 aromatic heterocycles. The highest BCUT2D eigenvalue weighted by Gasteiger charge is 2.04. The molecule has 0 aliphatic heterocycles. The molecule has 0 unspecified atom stereocenters. The van der Waals surface area contributed by atoms with Gasteiger partial charge in [-0.1, -0.05) is 26.3 Å². The third-order valence-electron chi connectivity index (χ3n) is 2.46. The maximum Gasteiger partial charge on any atom is 0.0575 e. The summed E-state index contributed by atoms with van der Waals surface area (Å²) in [5.74, 6) is 0. The van der Waals surface area contributed by atoms with E-state index < -0.39 is 0 Å². The zero-order chi connectivity index (χ0) is 10.4. The van der Waals surface area contributed by atoms with E-state index >= 15 is 0 Å². The molecule has 0 atom stereocenters. The molecule has 1 rings (SSSR count). The Labute approximate surface area is 87.0 Å². The summed E-state index contributed by atoms with van der Waals surface area (Å²) >= 11 is 0. The summed E-state index contributed by atoms with van der Waals surface area (Å²) in [7, 11) is 2.13. The Balaban J connectivity index is 2.73. The Hall–Kier alpha value is -0.890. The zero-order valence-electron chi connectivity index (χ0n) is 9.45. The van der Waals surface area contributed by atoms with E-state index in [2.05, 4.69) is 36.8 Å². The predicted molar refractivity (Wildman–Crippen MR) is 60.2 cm³/mol. The van der Waals surface area contributed by atoms with E-state index in [0.717, 1.165) is 19.5 Å². The molecule has 0 bridgehead atoms. The Morgan fingerprint density at radius 3 is 2.79 bits per heavy atom. The maximum absolute atomic E-state index is 4.44. The second-order valence-electron chi connectivity index (χ2n) is 3.69. The molecule has 0 saturated heterocycles. The minimum atomic E-state index is 0.965. The van der Waals surface area contributed by atoms with Gasteiger partial charge in [-0.15, -0.1) is 0 Å². The van der Waals surface area contributed by atoms with Crippen molar-refractivity contribution < 1.29 is 0 Å². The highest BCUT2D eigenvalue weighted by atomic mass is 15.1. The first-order valence-electron chi connectivity index (χ1n) is 5.39. The first kappa shape index (κ1) is 11.2. The number of aryl methyl sites for hydroxylation is 1. The molecule has 0 amide bonds. The van der Waals surface area contributed by atoms with Crippen LogP contribution in [0, 0.1) is 0 Å². The van der Waals surface area contributed by atoms with Crippen molar-refractivity contribution in [1.82, 2.24) is 9.88 Å². The SMILES string of the molecule is CCCc1cccnc1CN(C)CC. The topological polar surface area (TPSA) is 16.1 Å². The van der Waals surface area contributed by atoms with E-state index in [4.69, 9.17) is 0 Å². The van der Waals surface area contributed by atoms with Crippen LogP contribution in [-0.2, 0) is 13.0 Å². The number of aromatic nitrogens is 1. The number of hydrogen-bond donors (Lipinski definition) is 0. The van der Waals surface area contributed by atoms with E-state index in [1.54, 1.807) is 0 Å². The van der Waals surface area contributed by atoms with Crippen molar-refractivity contribution in [3.05, 3.63) is 29.6 Å². The maximum atomic E-state index is 4.44. The van der Waals surface area contributed by atoms with Crippen LogP contribution in [0.25, 0.3) is 0 Å². The zero-order valence-corrected chi connectivity index (χ0v) is 9.45. The Morgan fingerprint density at radius 1 is 1.36 bits per heavy atom. The van der Waals surface area contributed by atoms with E-state index in [1.165, 1.54) is 17.7 Å². The molecular formula is C12H20N2. The van der Waals surface area contributed by atoms with Crippen LogP contribution in [0.2, 0.25) is 0 Å². The monoisotopic (exact) mass is 192 g/mol. The first-order valence-corrected chi connectivity index (χ1v) is 5.39. The first-order chi connectivity index (χ1) is 6.77. The van der Waals surface area contributed by atoms with Gasteiger partial charge in [0.05, 0.1) is 5.69 Å². The lowest BCUT2D eigenvalue weighted by Gasteiger charge is -2.15. The standard InChI is InChI=1S/C12H20N2/c1-4-7-11-8-6-9-13-12(11)10-14(3)5-2/h6,8-9H,4-5,7,10H2,1-3H3. The van der Waals surface area contributed by atoms with Crippen LogP contribution in [0.5, 0.6) is 0 Å². The van der Waals surface area contributed by atoms with Crippen LogP contribution in [0.1, 0.15) is 31.5 Å². The Bertz CT molecular complexity index is 271. The summed E-state index contributed by atoms with van der Waals surface area (Å²) in [6.07, 6.45) is 4.22. The third kappa shape index (κ3) is 3.11. The molecule has 0 saturated carbocycles. The molecule has 0 N–H and O–H groups in total. The van der Waals surface area contributed by atoms with Gasteiger partial charge in [0.2, 0.25) is 0 Å². The average Bonchev–Trinajstić information content (AvgIpc) is 2.21. The van der Waals surface area contributed by atoms with Crippen molar-refractivity contribution in [2.75, 3.05) is 13.6 Å². The van der Waals surface area contributed by atoms with Crippen molar-refractivity contribution in [2.24, 2.45) is 0 Å². The lowest BCUT2D eigenvalue weighted by molar-refractivity contribution is 0.340. The predicted octanol–water partition coefficient (Wildman–Crippen LogP) is 2.49. The molecule has 0 spiro atoms. The van der Waals surface area contributed by atoms with Crippen LogP contribution in [-0.4, -0.2) is 23.5 Å². The molecular weight excluding hydrogens is 172 g/mol. The molecule has 0 aliphatic carbocycles. The molecule has 0 aromatic carbocycles. The normalized spacial score (nSPS) is 10.9. The second kappa shape index (κ2) is 5.76. The molecule has 78 valence electrons. The minimum absolute atomic E-state index is 0.965. The molecule has 1 aromatic rings. The van der Waals surface area contributed by atoms with Crippen LogP contribution in [0.3, 0.4) is 0 Å². The van der Waals surface area contributed by atoms with E-state index in [9.17, 15) is 0 Å². The number of rotatable bonds is 5. The van der Waals surface area contributed by atoms with Crippen molar-refractivity contribution in [2.45, 2.75) is 33.2 Å². The van der Waals surface area contributed by atoms with Crippen LogP contribution < -0.4 is 0 Å². The van der Waals surface area contributed by atoms with Crippen LogP contribution >= 0.6 is 0 Å². The lowest BCUT2D eigenvalue weighted by Crippen LogP contribution is -2.18. The summed E-state index contributed by atoms with van der Waals surface area (Å²) in [6.45, 7) is 6.41. The minimum Gasteiger partial charge on any atom is -0.301 e. The molecule has 14 heavy (non-hydrogen) atoms. The van der Waals surface area contributed by atoms with Gasteiger partial charge in [-0.05, 0) is 31.6 Å². The largest absolute Gasteiger partial charge is 0.301 e. The second-order valence-corrected chi connectivity index (χ2v) is 3.69. The fraction of sp³-hybridized carbons (Fsp3) is 0.583. The van der Waals surface area contributed by atoms with Gasteiger partial charge in [0, 0.05) is 12.7 Å². The molecule has 1 heterocycles. The molecule has 0 fully saturated rings. The van der Waals surface area contributed by atoms with Crippen LogP contribution in [0.15, 0.2) is 18.3 Å². The quantitative estimate of drug-likeness (QED) is 0.712. The molecule has 0 radical (unpaired) electrons. The Morgan fingerprint density at radius 2 is 2.14 bits per heavy atom. The van der Waals surface area contributed by atoms with Gasteiger partial charge in [-0.3, -0.25) is 4.98 Å². The summed E-state index contributed by atoms with van der Waals surface area (Å²) < 4.78 is 0. The molecule has 0 aliphatic rings. The third-order valence-corrected chi connectivity index (χ3v) is 2.46. The van der Waals surface area contributed by atoms with Crippen molar-refractivity contribution in [3.63, 3.8) is 0 Å². The van der Waals surface area contributed by atoms with Gasteiger partial charge in [0.1, 0.15) is 0 Å². The Kier molecular flexibility index (Phi) is 4.60. The fourth-order valence-electron chi connectivity index (χ4n) is 1.48. The summed E-state index contributed by atoms with van der Waals surface area (Å²) in [5.41, 5.74) is 2.63. The summed E-state index contributed by atoms with van der Waals surface area (Å²) in [4.78, 5) is 6.72. The van der Waals surface area contributed by atoms with E-state index in [1.807, 2.05) is 12.3 Å². The number of pyridine rings is 1. The van der Waals surface area contributed by atoms with Gasteiger partial charge < -0.3 is 4.90 Å². The van der Waals surface area contributed by atoms with Gasteiger partial charge >= 0.3 is 0 Å². The highest BCUT2D eigenvalue weighted by molar-refractivity contribution is 5.19. The number of hydrogen-bond acceptors (Lipinski definition) is 2. The van der Waals surface area contributed by atoms with Gasteiger partial charge in [0.15, 0.2) is 0 Å². The molecule has 2 heteroatoms.